The van der Waals surface area contributed by atoms with E-state index in [-0.39, 0.29) is 34.3 Å². The van der Waals surface area contributed by atoms with E-state index in [9.17, 15) is 27.6 Å². The van der Waals surface area contributed by atoms with E-state index < -0.39 is 29.3 Å². The molecule has 10 nitrogen and oxygen atoms in total. The fourth-order valence-corrected chi connectivity index (χ4v) is 5.91. The predicted molar refractivity (Wildman–Crippen MR) is 157 cm³/mol. The first-order chi connectivity index (χ1) is 20.6. The zero-order chi connectivity index (χ0) is 30.7. The largest absolute Gasteiger partial charge is 0.462 e. The van der Waals surface area contributed by atoms with E-state index in [1.807, 2.05) is 6.07 Å². The maximum absolute atomic E-state index is 13.5. The molecule has 0 saturated carbocycles. The van der Waals surface area contributed by atoms with Crippen molar-refractivity contribution >= 4 is 40.1 Å². The molecule has 43 heavy (non-hydrogen) atoms. The molecule has 3 aromatic heterocycles. The third kappa shape index (κ3) is 6.54. The van der Waals surface area contributed by atoms with Crippen LogP contribution in [-0.4, -0.2) is 53.2 Å². The highest BCUT2D eigenvalue weighted by atomic mass is 32.1. The molecule has 0 radical (unpaired) electrons. The summed E-state index contributed by atoms with van der Waals surface area (Å²) in [7, 11) is 0. The van der Waals surface area contributed by atoms with Gasteiger partial charge in [0.2, 0.25) is 5.43 Å². The molecule has 0 spiro atoms. The SMILES string of the molecule is CCNC(=O)Nc1cc(-c2nc(C(F)(F)F)cs2)c(-c2cc3c(=O)c(C(=O)OCC)c[nH]c3cc2CC2CCNC2)cn1. The number of fused-ring (bicyclic) bond motifs is 1. The van der Waals surface area contributed by atoms with E-state index in [1.54, 1.807) is 19.9 Å². The Labute approximate surface area is 248 Å². The van der Waals surface area contributed by atoms with Crippen LogP contribution in [-0.2, 0) is 17.3 Å². The summed E-state index contributed by atoms with van der Waals surface area (Å²) in [5.74, 6) is -0.370. The molecular formula is C29H29F3N6O4S. The van der Waals surface area contributed by atoms with Crippen LogP contribution >= 0.6 is 11.3 Å². The summed E-state index contributed by atoms with van der Waals surface area (Å²) in [6, 6.07) is 4.40. The zero-order valence-electron chi connectivity index (χ0n) is 23.4. The lowest BCUT2D eigenvalue weighted by Crippen LogP contribution is -2.28. The number of nitrogens with zero attached hydrogens (tertiary/aromatic N) is 2. The average molecular weight is 615 g/mol. The fraction of sp³-hybridized carbons (Fsp3) is 0.345. The van der Waals surface area contributed by atoms with E-state index in [2.05, 4.69) is 30.9 Å². The number of anilines is 1. The Kier molecular flexibility index (Phi) is 8.78. The van der Waals surface area contributed by atoms with Crippen molar-refractivity contribution in [2.75, 3.05) is 31.6 Å². The number of aromatic nitrogens is 3. The fourth-order valence-electron chi connectivity index (χ4n) is 5.06. The van der Waals surface area contributed by atoms with Crippen LogP contribution in [0.2, 0.25) is 0 Å². The second-order valence-electron chi connectivity index (χ2n) is 10.0. The van der Waals surface area contributed by atoms with Gasteiger partial charge in [0.1, 0.15) is 16.4 Å². The Bertz CT molecular complexity index is 1730. The molecule has 5 rings (SSSR count). The summed E-state index contributed by atoms with van der Waals surface area (Å²) in [5.41, 5.74) is 0.865. The first kappa shape index (κ1) is 30.2. The summed E-state index contributed by atoms with van der Waals surface area (Å²) in [4.78, 5) is 49.4. The van der Waals surface area contributed by atoms with E-state index in [0.29, 0.717) is 35.2 Å². The van der Waals surface area contributed by atoms with Crippen molar-refractivity contribution in [2.45, 2.75) is 32.9 Å². The molecule has 0 bridgehead atoms. The third-order valence-corrected chi connectivity index (χ3v) is 7.94. The molecule has 1 atom stereocenters. The molecule has 1 fully saturated rings. The Balaban J connectivity index is 1.73. The number of carbonyl (C=O) groups excluding carboxylic acids is 2. The van der Waals surface area contributed by atoms with Crippen molar-refractivity contribution in [1.82, 2.24) is 25.6 Å². The summed E-state index contributed by atoms with van der Waals surface area (Å²) in [6.45, 7) is 5.48. The second kappa shape index (κ2) is 12.5. The number of nitrogens with one attached hydrogen (secondary N) is 4. The maximum atomic E-state index is 13.5. The Morgan fingerprint density at radius 2 is 1.98 bits per heavy atom. The monoisotopic (exact) mass is 614 g/mol. The van der Waals surface area contributed by atoms with Crippen LogP contribution in [0.5, 0.6) is 0 Å². The molecule has 226 valence electrons. The van der Waals surface area contributed by atoms with Crippen molar-refractivity contribution in [3.8, 4) is 21.7 Å². The molecule has 1 aliphatic rings. The molecule has 2 amide bonds. The van der Waals surface area contributed by atoms with Crippen molar-refractivity contribution in [2.24, 2.45) is 5.92 Å². The average Bonchev–Trinajstić information content (AvgIpc) is 3.66. The molecule has 14 heteroatoms. The minimum absolute atomic E-state index is 0.0615. The lowest BCUT2D eigenvalue weighted by atomic mass is 9.89. The van der Waals surface area contributed by atoms with Crippen LogP contribution in [0.4, 0.5) is 23.8 Å². The van der Waals surface area contributed by atoms with Gasteiger partial charge in [-0.15, -0.1) is 11.3 Å². The molecule has 1 saturated heterocycles. The van der Waals surface area contributed by atoms with E-state index >= 15 is 0 Å². The van der Waals surface area contributed by atoms with Gasteiger partial charge in [-0.1, -0.05) is 0 Å². The number of halogens is 3. The molecule has 0 aliphatic carbocycles. The molecular weight excluding hydrogens is 585 g/mol. The Hall–Kier alpha value is -4.30. The van der Waals surface area contributed by atoms with Crippen LogP contribution in [0.15, 0.2) is 40.8 Å². The van der Waals surface area contributed by atoms with Gasteiger partial charge in [-0.2, -0.15) is 13.2 Å². The van der Waals surface area contributed by atoms with Gasteiger partial charge in [-0.3, -0.25) is 10.1 Å². The topological polar surface area (TPSA) is 138 Å². The van der Waals surface area contributed by atoms with Crippen molar-refractivity contribution < 1.29 is 27.5 Å². The number of rotatable bonds is 8. The molecule has 4 heterocycles. The summed E-state index contributed by atoms with van der Waals surface area (Å²) < 4.78 is 45.6. The molecule has 1 aromatic carbocycles. The molecule has 1 unspecified atom stereocenters. The number of ether oxygens (including phenoxy) is 1. The van der Waals surface area contributed by atoms with E-state index in [0.717, 1.165) is 41.8 Å². The lowest BCUT2D eigenvalue weighted by molar-refractivity contribution is -0.140. The summed E-state index contributed by atoms with van der Waals surface area (Å²) in [6.07, 6.45) is -0.329. The van der Waals surface area contributed by atoms with Gasteiger partial charge in [-0.25, -0.2) is 19.6 Å². The number of H-pyrrole nitrogens is 1. The highest BCUT2D eigenvalue weighted by Crippen LogP contribution is 2.40. The van der Waals surface area contributed by atoms with Crippen molar-refractivity contribution in [3.05, 3.63) is 63.0 Å². The van der Waals surface area contributed by atoms with Gasteiger partial charge in [0.25, 0.3) is 0 Å². The number of amides is 2. The minimum Gasteiger partial charge on any atom is -0.462 e. The number of pyridine rings is 2. The van der Waals surface area contributed by atoms with Crippen LogP contribution in [0, 0.1) is 5.92 Å². The third-order valence-electron chi connectivity index (χ3n) is 7.07. The number of thiazole rings is 1. The predicted octanol–water partition coefficient (Wildman–Crippen LogP) is 5.20. The van der Waals surface area contributed by atoms with Crippen molar-refractivity contribution in [1.29, 1.82) is 0 Å². The van der Waals surface area contributed by atoms with Crippen molar-refractivity contribution in [3.63, 3.8) is 0 Å². The van der Waals surface area contributed by atoms with E-state index in [1.165, 1.54) is 18.5 Å². The van der Waals surface area contributed by atoms with Gasteiger partial charge >= 0.3 is 18.2 Å². The lowest BCUT2D eigenvalue weighted by Gasteiger charge is -2.18. The van der Waals surface area contributed by atoms with Crippen LogP contribution in [0.3, 0.4) is 0 Å². The van der Waals surface area contributed by atoms with Gasteiger partial charge < -0.3 is 20.4 Å². The first-order valence-electron chi connectivity index (χ1n) is 13.7. The summed E-state index contributed by atoms with van der Waals surface area (Å²) in [5, 5.41) is 9.72. The van der Waals surface area contributed by atoms with Crippen LogP contribution < -0.4 is 21.4 Å². The minimum atomic E-state index is -4.65. The Morgan fingerprint density at radius 3 is 2.65 bits per heavy atom. The number of carbonyl (C=O) groups is 2. The quantitative estimate of drug-likeness (QED) is 0.200. The zero-order valence-corrected chi connectivity index (χ0v) is 24.2. The van der Waals surface area contributed by atoms with Gasteiger partial charge in [0.15, 0.2) is 5.69 Å². The smallest absolute Gasteiger partial charge is 0.434 e. The molecule has 4 N–H and O–H groups in total. The van der Waals surface area contributed by atoms with Gasteiger partial charge in [-0.05, 0) is 75.0 Å². The van der Waals surface area contributed by atoms with Crippen LogP contribution in [0.1, 0.15) is 41.9 Å². The number of urea groups is 1. The standard InChI is InChI=1S/C29H29F3N6O4S/c1-3-34-28(41)38-24-10-18(26-37-23(14-43-26)29(30,31)32)20(12-36-24)17-9-19-22(8-16(17)7-15-5-6-33-11-15)35-13-21(25(19)39)27(40)42-4-2/h8-10,12-15,33H,3-7,11H2,1-2H3,(H,35,39)(H2,34,36,38,41). The number of aromatic amines is 1. The molecule has 1 aliphatic heterocycles. The number of hydrogen-bond acceptors (Lipinski definition) is 8. The number of hydrogen-bond donors (Lipinski definition) is 4. The first-order valence-corrected chi connectivity index (χ1v) is 14.6. The molecule has 4 aromatic rings. The number of alkyl halides is 3. The van der Waals surface area contributed by atoms with Gasteiger partial charge in [0.05, 0.1) is 6.61 Å². The van der Waals surface area contributed by atoms with Gasteiger partial charge in [0, 0.05) is 46.3 Å². The van der Waals surface area contributed by atoms with Crippen LogP contribution in [0.25, 0.3) is 32.6 Å². The highest BCUT2D eigenvalue weighted by Gasteiger charge is 2.34. The maximum Gasteiger partial charge on any atom is 0.434 e. The second-order valence-corrected chi connectivity index (χ2v) is 10.9. The normalized spacial score (nSPS) is 15.0. The number of esters is 1. The Morgan fingerprint density at radius 1 is 1.16 bits per heavy atom. The highest BCUT2D eigenvalue weighted by molar-refractivity contribution is 7.13. The van der Waals surface area contributed by atoms with E-state index in [4.69, 9.17) is 4.74 Å². The number of benzene rings is 1. The summed E-state index contributed by atoms with van der Waals surface area (Å²) >= 11 is 0.807.